The third kappa shape index (κ3) is 3.93. The lowest BCUT2D eigenvalue weighted by Gasteiger charge is -2.11. The number of fused-ring (bicyclic) bond motifs is 1. The summed E-state index contributed by atoms with van der Waals surface area (Å²) in [6.45, 7) is 0.457. The molecular formula is C15H18N4O5. The molecule has 1 amide bonds. The number of esters is 1. The average molecular weight is 334 g/mol. The number of methoxy groups -OCH3 is 2. The molecule has 2 aromatic heterocycles. The van der Waals surface area contributed by atoms with E-state index < -0.39 is 17.4 Å². The minimum absolute atomic E-state index is 0.295. The summed E-state index contributed by atoms with van der Waals surface area (Å²) in [5, 5.41) is 2.32. The van der Waals surface area contributed by atoms with Gasteiger partial charge in [-0.1, -0.05) is 0 Å². The normalized spacial score (nSPS) is 10.6. The van der Waals surface area contributed by atoms with Crippen LogP contribution in [0.15, 0.2) is 23.1 Å². The van der Waals surface area contributed by atoms with Gasteiger partial charge >= 0.3 is 5.97 Å². The number of carbonyl (C=O) groups is 2. The summed E-state index contributed by atoms with van der Waals surface area (Å²) < 4.78 is 10.8. The fraction of sp³-hybridized carbons (Fsp3) is 0.400. The smallest absolute Gasteiger partial charge is 0.325 e. The topological polar surface area (TPSA) is 112 Å². The van der Waals surface area contributed by atoms with E-state index in [9.17, 15) is 14.4 Å². The van der Waals surface area contributed by atoms with Gasteiger partial charge in [-0.25, -0.2) is 9.97 Å². The first kappa shape index (κ1) is 17.5. The SMILES string of the molecule is COCCCn1c(=O)c(C(=O)NCC(=O)OC)nc2cccnc21. The van der Waals surface area contributed by atoms with Gasteiger partial charge in [0.15, 0.2) is 11.3 Å². The zero-order valence-corrected chi connectivity index (χ0v) is 13.4. The lowest BCUT2D eigenvalue weighted by Crippen LogP contribution is -2.37. The van der Waals surface area contributed by atoms with Crippen LogP contribution in [0.3, 0.4) is 0 Å². The third-order valence-electron chi connectivity index (χ3n) is 3.27. The van der Waals surface area contributed by atoms with Gasteiger partial charge in [0, 0.05) is 26.5 Å². The summed E-state index contributed by atoms with van der Waals surface area (Å²) in [4.78, 5) is 44.1. The highest BCUT2D eigenvalue weighted by molar-refractivity contribution is 5.95. The lowest BCUT2D eigenvalue weighted by molar-refractivity contribution is -0.139. The molecule has 0 radical (unpaired) electrons. The van der Waals surface area contributed by atoms with Crippen molar-refractivity contribution in [1.82, 2.24) is 19.9 Å². The second kappa shape index (κ2) is 8.16. The number of carbonyl (C=O) groups excluding carboxylic acids is 2. The highest BCUT2D eigenvalue weighted by Gasteiger charge is 2.18. The van der Waals surface area contributed by atoms with Crippen LogP contribution in [0.2, 0.25) is 0 Å². The number of hydrogen-bond acceptors (Lipinski definition) is 7. The van der Waals surface area contributed by atoms with E-state index in [1.54, 1.807) is 25.4 Å². The van der Waals surface area contributed by atoms with Gasteiger partial charge < -0.3 is 14.8 Å². The van der Waals surface area contributed by atoms with Gasteiger partial charge in [0.2, 0.25) is 0 Å². The molecule has 0 aromatic carbocycles. The van der Waals surface area contributed by atoms with E-state index in [-0.39, 0.29) is 12.2 Å². The minimum Gasteiger partial charge on any atom is -0.468 e. The summed E-state index contributed by atoms with van der Waals surface area (Å²) in [7, 11) is 2.77. The monoisotopic (exact) mass is 334 g/mol. The van der Waals surface area contributed by atoms with Crippen molar-refractivity contribution in [3.63, 3.8) is 0 Å². The van der Waals surface area contributed by atoms with Gasteiger partial charge in [-0.15, -0.1) is 0 Å². The summed E-state index contributed by atoms with van der Waals surface area (Å²) in [5.74, 6) is -1.36. The Bertz CT molecular complexity index is 802. The Morgan fingerprint density at radius 2 is 2.12 bits per heavy atom. The Kier molecular flexibility index (Phi) is 5.96. The van der Waals surface area contributed by atoms with E-state index in [1.807, 2.05) is 0 Å². The molecule has 2 aromatic rings. The van der Waals surface area contributed by atoms with Gasteiger partial charge in [0.1, 0.15) is 12.1 Å². The van der Waals surface area contributed by atoms with Crippen LogP contribution in [-0.2, 0) is 20.8 Å². The van der Waals surface area contributed by atoms with Crippen LogP contribution in [0, 0.1) is 0 Å². The molecule has 0 spiro atoms. The first-order valence-electron chi connectivity index (χ1n) is 7.28. The Hall–Kier alpha value is -2.81. The highest BCUT2D eigenvalue weighted by Crippen LogP contribution is 2.07. The molecule has 0 fully saturated rings. The molecule has 128 valence electrons. The van der Waals surface area contributed by atoms with Gasteiger partial charge in [-0.3, -0.25) is 19.0 Å². The molecule has 9 nitrogen and oxygen atoms in total. The first-order chi connectivity index (χ1) is 11.6. The van der Waals surface area contributed by atoms with E-state index in [4.69, 9.17) is 4.74 Å². The quantitative estimate of drug-likeness (QED) is 0.548. The minimum atomic E-state index is -0.739. The second-order valence-electron chi connectivity index (χ2n) is 4.87. The number of pyridine rings is 1. The first-order valence-corrected chi connectivity index (χ1v) is 7.28. The number of ether oxygens (including phenoxy) is 2. The Labute approximate surface area is 137 Å². The molecule has 0 aliphatic heterocycles. The van der Waals surface area contributed by atoms with Crippen molar-refractivity contribution in [3.05, 3.63) is 34.4 Å². The van der Waals surface area contributed by atoms with Crippen molar-refractivity contribution in [3.8, 4) is 0 Å². The molecule has 1 N–H and O–H groups in total. The van der Waals surface area contributed by atoms with E-state index in [0.29, 0.717) is 30.7 Å². The molecule has 9 heteroatoms. The maximum atomic E-state index is 12.6. The van der Waals surface area contributed by atoms with Crippen molar-refractivity contribution in [2.24, 2.45) is 0 Å². The number of aryl methyl sites for hydroxylation is 1. The van der Waals surface area contributed by atoms with Crippen LogP contribution >= 0.6 is 0 Å². The van der Waals surface area contributed by atoms with Crippen LogP contribution < -0.4 is 10.9 Å². The number of nitrogens with zero attached hydrogens (tertiary/aromatic N) is 3. The van der Waals surface area contributed by atoms with Gasteiger partial charge in [0.25, 0.3) is 11.5 Å². The number of hydrogen-bond donors (Lipinski definition) is 1. The molecule has 2 heterocycles. The summed E-state index contributed by atoms with van der Waals surface area (Å²) in [6, 6.07) is 3.32. The maximum Gasteiger partial charge on any atom is 0.325 e. The maximum absolute atomic E-state index is 12.6. The Balaban J connectivity index is 2.39. The second-order valence-corrected chi connectivity index (χ2v) is 4.87. The highest BCUT2D eigenvalue weighted by atomic mass is 16.5. The van der Waals surface area contributed by atoms with E-state index in [2.05, 4.69) is 20.0 Å². The van der Waals surface area contributed by atoms with Crippen LogP contribution in [0.5, 0.6) is 0 Å². The van der Waals surface area contributed by atoms with Gasteiger partial charge in [-0.2, -0.15) is 0 Å². The number of rotatable bonds is 7. The van der Waals surface area contributed by atoms with E-state index >= 15 is 0 Å². The Morgan fingerprint density at radius 1 is 1.33 bits per heavy atom. The Morgan fingerprint density at radius 3 is 2.83 bits per heavy atom. The molecule has 0 saturated heterocycles. The zero-order chi connectivity index (χ0) is 17.5. The largest absolute Gasteiger partial charge is 0.468 e. The number of aromatic nitrogens is 3. The van der Waals surface area contributed by atoms with Crippen LogP contribution in [0.1, 0.15) is 16.9 Å². The molecule has 2 rings (SSSR count). The molecule has 0 unspecified atom stereocenters. The van der Waals surface area contributed by atoms with Crippen molar-refractivity contribution >= 4 is 23.0 Å². The standard InChI is InChI=1S/C15H18N4O5/c1-23-8-4-7-19-13-10(5-3-6-16-13)18-12(15(19)22)14(21)17-9-11(20)24-2/h3,5-6H,4,7-9H2,1-2H3,(H,17,21). The van der Waals surface area contributed by atoms with Crippen molar-refractivity contribution in [2.45, 2.75) is 13.0 Å². The van der Waals surface area contributed by atoms with E-state index in [0.717, 1.165) is 0 Å². The molecule has 0 aliphatic rings. The summed E-state index contributed by atoms with van der Waals surface area (Å²) in [5.41, 5.74) is -0.0580. The molecule has 0 saturated carbocycles. The molecule has 0 aliphatic carbocycles. The fourth-order valence-electron chi connectivity index (χ4n) is 2.11. The van der Waals surface area contributed by atoms with Crippen molar-refractivity contribution in [1.29, 1.82) is 0 Å². The zero-order valence-electron chi connectivity index (χ0n) is 13.4. The van der Waals surface area contributed by atoms with Crippen molar-refractivity contribution in [2.75, 3.05) is 27.4 Å². The van der Waals surface area contributed by atoms with Gasteiger partial charge in [0.05, 0.1) is 7.11 Å². The van der Waals surface area contributed by atoms with Crippen LogP contribution in [-0.4, -0.2) is 53.8 Å². The third-order valence-corrected chi connectivity index (χ3v) is 3.27. The molecular weight excluding hydrogens is 316 g/mol. The number of amides is 1. The molecule has 0 atom stereocenters. The summed E-state index contributed by atoms with van der Waals surface area (Å²) >= 11 is 0. The predicted octanol–water partition coefficient (Wildman–Crippen LogP) is -0.269. The van der Waals surface area contributed by atoms with Gasteiger partial charge in [-0.05, 0) is 18.6 Å². The van der Waals surface area contributed by atoms with Crippen LogP contribution in [0.4, 0.5) is 0 Å². The fourth-order valence-corrected chi connectivity index (χ4v) is 2.11. The van der Waals surface area contributed by atoms with Crippen LogP contribution in [0.25, 0.3) is 11.2 Å². The predicted molar refractivity (Wildman–Crippen MR) is 84.6 cm³/mol. The molecule has 0 bridgehead atoms. The van der Waals surface area contributed by atoms with E-state index in [1.165, 1.54) is 11.7 Å². The summed E-state index contributed by atoms with van der Waals surface area (Å²) in [6.07, 6.45) is 2.13. The lowest BCUT2D eigenvalue weighted by atomic mass is 10.3. The number of nitrogens with one attached hydrogen (secondary N) is 1. The van der Waals surface area contributed by atoms with Crippen molar-refractivity contribution < 1.29 is 19.1 Å². The average Bonchev–Trinajstić information content (AvgIpc) is 2.60. The molecule has 24 heavy (non-hydrogen) atoms.